The monoisotopic (exact) mass is 168 g/mol. The van der Waals surface area contributed by atoms with Crippen molar-refractivity contribution < 1.29 is 0 Å². The number of nitrogens with zero attached hydrogens (tertiary/aromatic N) is 1. The lowest BCUT2D eigenvalue weighted by Gasteiger charge is -2.36. The van der Waals surface area contributed by atoms with Crippen LogP contribution in [-0.2, 0) is 0 Å². The molecule has 0 bridgehead atoms. The van der Waals surface area contributed by atoms with Gasteiger partial charge in [0.1, 0.15) is 0 Å². The number of piperazine rings is 1. The van der Waals surface area contributed by atoms with Crippen LogP contribution in [-0.4, -0.2) is 36.6 Å². The average Bonchev–Trinajstić information content (AvgIpc) is 2.89. The first-order chi connectivity index (χ1) is 5.92. The average molecular weight is 168 g/mol. The molecule has 2 fully saturated rings. The van der Waals surface area contributed by atoms with Gasteiger partial charge in [-0.25, -0.2) is 0 Å². The Hall–Kier alpha value is -0.0800. The van der Waals surface area contributed by atoms with E-state index in [-0.39, 0.29) is 0 Å². The largest absolute Gasteiger partial charge is 0.314 e. The fraction of sp³-hybridized carbons (Fsp3) is 1.00. The minimum absolute atomic E-state index is 0.844. The molecule has 0 unspecified atom stereocenters. The van der Waals surface area contributed by atoms with Gasteiger partial charge in [0.05, 0.1) is 0 Å². The molecule has 70 valence electrons. The van der Waals surface area contributed by atoms with Crippen molar-refractivity contribution in [2.45, 2.75) is 44.7 Å². The van der Waals surface area contributed by atoms with Gasteiger partial charge in [-0.3, -0.25) is 4.90 Å². The highest BCUT2D eigenvalue weighted by Gasteiger charge is 2.34. The van der Waals surface area contributed by atoms with Gasteiger partial charge in [-0.05, 0) is 19.3 Å². The minimum Gasteiger partial charge on any atom is -0.314 e. The number of hydrogen-bond donors (Lipinski definition) is 1. The molecular weight excluding hydrogens is 148 g/mol. The maximum Gasteiger partial charge on any atom is 0.0224 e. The third kappa shape index (κ3) is 1.80. The lowest BCUT2D eigenvalue weighted by molar-refractivity contribution is 0.143. The Kier molecular flexibility index (Phi) is 2.66. The van der Waals surface area contributed by atoms with E-state index in [1.807, 2.05) is 0 Å². The van der Waals surface area contributed by atoms with E-state index in [0.717, 1.165) is 12.1 Å². The molecule has 0 aromatic carbocycles. The molecular formula is C10H20N2. The van der Waals surface area contributed by atoms with Crippen LogP contribution in [0, 0.1) is 0 Å². The van der Waals surface area contributed by atoms with Crippen LogP contribution in [0.25, 0.3) is 0 Å². The Morgan fingerprint density at radius 2 is 2.25 bits per heavy atom. The molecule has 0 aromatic rings. The Morgan fingerprint density at radius 3 is 2.92 bits per heavy atom. The third-order valence-electron chi connectivity index (χ3n) is 3.03. The summed E-state index contributed by atoms with van der Waals surface area (Å²) in [5.41, 5.74) is 0. The summed E-state index contributed by atoms with van der Waals surface area (Å²) in [6.45, 7) is 6.01. The van der Waals surface area contributed by atoms with Gasteiger partial charge < -0.3 is 5.32 Å². The molecule has 2 heteroatoms. The first-order valence-corrected chi connectivity index (χ1v) is 5.38. The van der Waals surface area contributed by atoms with Gasteiger partial charge in [-0.1, -0.05) is 13.3 Å². The van der Waals surface area contributed by atoms with Gasteiger partial charge in [-0.15, -0.1) is 0 Å². The summed E-state index contributed by atoms with van der Waals surface area (Å²) in [6.07, 6.45) is 5.62. The second-order valence-corrected chi connectivity index (χ2v) is 4.12. The highest BCUT2D eigenvalue weighted by atomic mass is 15.3. The lowest BCUT2D eigenvalue weighted by Crippen LogP contribution is -2.51. The van der Waals surface area contributed by atoms with E-state index in [2.05, 4.69) is 17.1 Å². The van der Waals surface area contributed by atoms with Crippen molar-refractivity contribution in [3.63, 3.8) is 0 Å². The first kappa shape index (κ1) is 8.52. The number of hydrogen-bond acceptors (Lipinski definition) is 2. The van der Waals surface area contributed by atoms with Gasteiger partial charge in [0.15, 0.2) is 0 Å². The van der Waals surface area contributed by atoms with Gasteiger partial charge in [0, 0.05) is 31.7 Å². The van der Waals surface area contributed by atoms with E-state index >= 15 is 0 Å². The summed E-state index contributed by atoms with van der Waals surface area (Å²) in [5, 5.41) is 3.49. The molecule has 1 saturated carbocycles. The molecule has 1 atom stereocenters. The zero-order chi connectivity index (χ0) is 8.39. The number of nitrogens with one attached hydrogen (secondary N) is 1. The topological polar surface area (TPSA) is 15.3 Å². The normalized spacial score (nSPS) is 32.2. The number of rotatable bonds is 3. The molecule has 1 saturated heterocycles. The van der Waals surface area contributed by atoms with Gasteiger partial charge in [0.2, 0.25) is 0 Å². The summed E-state index contributed by atoms with van der Waals surface area (Å²) in [6, 6.07) is 1.81. The standard InChI is InChI=1S/C10H20N2/c1-2-3-10-8-11-6-7-12(10)9-4-5-9/h9-11H,2-8H2,1H3/t10-/m1/s1. The van der Waals surface area contributed by atoms with Crippen LogP contribution in [0.15, 0.2) is 0 Å². The van der Waals surface area contributed by atoms with E-state index < -0.39 is 0 Å². The van der Waals surface area contributed by atoms with Gasteiger partial charge in [-0.2, -0.15) is 0 Å². The molecule has 2 aliphatic rings. The van der Waals surface area contributed by atoms with Crippen molar-refractivity contribution in [3.05, 3.63) is 0 Å². The molecule has 1 aliphatic carbocycles. The summed E-state index contributed by atoms with van der Waals surface area (Å²) in [7, 11) is 0. The van der Waals surface area contributed by atoms with Crippen LogP contribution in [0.2, 0.25) is 0 Å². The SMILES string of the molecule is CCC[C@@H]1CNCCN1C1CC1. The smallest absolute Gasteiger partial charge is 0.0224 e. The van der Waals surface area contributed by atoms with E-state index in [1.165, 1.54) is 45.3 Å². The van der Waals surface area contributed by atoms with Crippen molar-refractivity contribution in [1.29, 1.82) is 0 Å². The molecule has 2 rings (SSSR count). The maximum absolute atomic E-state index is 3.49. The van der Waals surface area contributed by atoms with Crippen LogP contribution in [0.5, 0.6) is 0 Å². The van der Waals surface area contributed by atoms with Crippen molar-refractivity contribution in [2.75, 3.05) is 19.6 Å². The molecule has 12 heavy (non-hydrogen) atoms. The molecule has 0 aromatic heterocycles. The zero-order valence-corrected chi connectivity index (χ0v) is 8.05. The van der Waals surface area contributed by atoms with E-state index in [4.69, 9.17) is 0 Å². The first-order valence-electron chi connectivity index (χ1n) is 5.38. The Labute approximate surface area is 75.3 Å². The molecule has 1 aliphatic heterocycles. The quantitative estimate of drug-likeness (QED) is 0.681. The highest BCUT2D eigenvalue weighted by molar-refractivity contribution is 4.91. The van der Waals surface area contributed by atoms with Crippen LogP contribution in [0.1, 0.15) is 32.6 Å². The van der Waals surface area contributed by atoms with Crippen LogP contribution in [0.4, 0.5) is 0 Å². The van der Waals surface area contributed by atoms with Crippen LogP contribution < -0.4 is 5.32 Å². The molecule has 0 spiro atoms. The second kappa shape index (κ2) is 3.75. The van der Waals surface area contributed by atoms with Crippen LogP contribution in [0.3, 0.4) is 0 Å². The Balaban J connectivity index is 1.87. The fourth-order valence-corrected chi connectivity index (χ4v) is 2.26. The Morgan fingerprint density at radius 1 is 1.42 bits per heavy atom. The predicted octanol–water partition coefficient (Wildman–Crippen LogP) is 1.22. The molecule has 0 amide bonds. The van der Waals surface area contributed by atoms with Gasteiger partial charge >= 0.3 is 0 Å². The highest BCUT2D eigenvalue weighted by Crippen LogP contribution is 2.30. The van der Waals surface area contributed by atoms with Crippen LogP contribution >= 0.6 is 0 Å². The van der Waals surface area contributed by atoms with Crippen molar-refractivity contribution in [3.8, 4) is 0 Å². The summed E-state index contributed by atoms with van der Waals surface area (Å²) < 4.78 is 0. The lowest BCUT2D eigenvalue weighted by atomic mass is 10.1. The third-order valence-corrected chi connectivity index (χ3v) is 3.03. The second-order valence-electron chi connectivity index (χ2n) is 4.12. The minimum atomic E-state index is 0.844. The Bertz CT molecular complexity index is 141. The van der Waals surface area contributed by atoms with E-state index in [9.17, 15) is 0 Å². The maximum atomic E-state index is 3.49. The predicted molar refractivity (Wildman–Crippen MR) is 51.3 cm³/mol. The fourth-order valence-electron chi connectivity index (χ4n) is 2.26. The van der Waals surface area contributed by atoms with E-state index in [0.29, 0.717) is 0 Å². The van der Waals surface area contributed by atoms with Gasteiger partial charge in [0.25, 0.3) is 0 Å². The van der Waals surface area contributed by atoms with Crippen molar-refractivity contribution in [2.24, 2.45) is 0 Å². The van der Waals surface area contributed by atoms with Crippen molar-refractivity contribution >= 4 is 0 Å². The van der Waals surface area contributed by atoms with Crippen molar-refractivity contribution in [1.82, 2.24) is 10.2 Å². The zero-order valence-electron chi connectivity index (χ0n) is 8.05. The van der Waals surface area contributed by atoms with E-state index in [1.54, 1.807) is 0 Å². The summed E-state index contributed by atoms with van der Waals surface area (Å²) in [5.74, 6) is 0. The summed E-state index contributed by atoms with van der Waals surface area (Å²) in [4.78, 5) is 2.74. The molecule has 1 N–H and O–H groups in total. The molecule has 1 heterocycles. The summed E-state index contributed by atoms with van der Waals surface area (Å²) >= 11 is 0. The molecule has 2 nitrogen and oxygen atoms in total. The molecule has 0 radical (unpaired) electrons.